The largest absolute Gasteiger partial charge is 0.394 e. The zero-order valence-corrected chi connectivity index (χ0v) is 15.5. The van der Waals surface area contributed by atoms with E-state index in [-0.39, 0.29) is 19.2 Å². The van der Waals surface area contributed by atoms with Crippen LogP contribution in [0.15, 0.2) is 0 Å². The van der Waals surface area contributed by atoms with Gasteiger partial charge in [-0.2, -0.15) is 0 Å². The number of carbonyl (C=O) groups is 2. The molecular formula is C16H31N3O8. The van der Waals surface area contributed by atoms with Gasteiger partial charge in [-0.15, -0.1) is 0 Å². The van der Waals surface area contributed by atoms with Crippen molar-refractivity contribution in [2.45, 2.75) is 56.8 Å². The Kier molecular flexibility index (Phi) is 11.4. The van der Waals surface area contributed by atoms with E-state index in [0.717, 1.165) is 0 Å². The summed E-state index contributed by atoms with van der Waals surface area (Å²) >= 11 is 0. The predicted molar refractivity (Wildman–Crippen MR) is 93.3 cm³/mol. The summed E-state index contributed by atoms with van der Waals surface area (Å²) in [5, 5.41) is 45.7. The number of carbonyl (C=O) groups excluding carboxylic acids is 2. The van der Waals surface area contributed by atoms with E-state index < -0.39 is 43.2 Å². The lowest BCUT2D eigenvalue weighted by atomic mass is 9.97. The van der Waals surface area contributed by atoms with E-state index in [2.05, 4.69) is 16.0 Å². The summed E-state index contributed by atoms with van der Waals surface area (Å²) in [6.07, 6.45) is -3.33. The highest BCUT2D eigenvalue weighted by atomic mass is 16.7. The zero-order valence-electron chi connectivity index (χ0n) is 15.5. The second-order valence-electron chi connectivity index (χ2n) is 6.27. The van der Waals surface area contributed by atoms with Crippen molar-refractivity contribution in [3.8, 4) is 0 Å². The normalized spacial score (nSPS) is 28.0. The van der Waals surface area contributed by atoms with Crippen molar-refractivity contribution in [2.75, 3.05) is 33.0 Å². The Balaban J connectivity index is 2.35. The van der Waals surface area contributed by atoms with Crippen molar-refractivity contribution < 1.29 is 39.5 Å². The van der Waals surface area contributed by atoms with E-state index in [4.69, 9.17) is 14.6 Å². The molecule has 1 aliphatic heterocycles. The average Bonchev–Trinajstić information content (AvgIpc) is 2.63. The molecule has 27 heavy (non-hydrogen) atoms. The smallest absolute Gasteiger partial charge is 0.220 e. The summed E-state index contributed by atoms with van der Waals surface area (Å²) in [6, 6.07) is -0.970. The first-order valence-corrected chi connectivity index (χ1v) is 9.00. The van der Waals surface area contributed by atoms with Gasteiger partial charge in [0, 0.05) is 33.0 Å². The fraction of sp³-hybridized carbons (Fsp3) is 0.875. The Morgan fingerprint density at radius 3 is 2.48 bits per heavy atom. The molecule has 5 atom stereocenters. The van der Waals surface area contributed by atoms with Crippen LogP contribution in [0.25, 0.3) is 0 Å². The van der Waals surface area contributed by atoms with Gasteiger partial charge < -0.3 is 40.5 Å². The summed E-state index contributed by atoms with van der Waals surface area (Å²) < 4.78 is 11.0. The number of aliphatic hydroxyl groups excluding tert-OH is 4. The van der Waals surface area contributed by atoms with Gasteiger partial charge in [0.1, 0.15) is 24.4 Å². The fourth-order valence-electron chi connectivity index (χ4n) is 2.66. The first-order valence-electron chi connectivity index (χ1n) is 9.00. The van der Waals surface area contributed by atoms with Gasteiger partial charge in [-0.3, -0.25) is 14.9 Å². The van der Waals surface area contributed by atoms with Gasteiger partial charge in [0.2, 0.25) is 11.8 Å². The van der Waals surface area contributed by atoms with E-state index in [0.29, 0.717) is 32.4 Å². The van der Waals surface area contributed by atoms with Gasteiger partial charge in [0.15, 0.2) is 6.29 Å². The van der Waals surface area contributed by atoms with E-state index in [1.807, 2.05) is 0 Å². The van der Waals surface area contributed by atoms with E-state index in [1.54, 1.807) is 0 Å². The van der Waals surface area contributed by atoms with Crippen LogP contribution in [0.3, 0.4) is 0 Å². The lowest BCUT2D eigenvalue weighted by Gasteiger charge is -2.42. The van der Waals surface area contributed by atoms with Gasteiger partial charge in [0.05, 0.1) is 13.3 Å². The summed E-state index contributed by atoms with van der Waals surface area (Å²) in [5.41, 5.74) is 0. The molecule has 0 saturated carbocycles. The molecule has 0 aromatic heterocycles. The molecule has 0 aromatic carbocycles. The van der Waals surface area contributed by atoms with E-state index in [9.17, 15) is 24.9 Å². The monoisotopic (exact) mass is 393 g/mol. The van der Waals surface area contributed by atoms with Crippen LogP contribution in [0, 0.1) is 0 Å². The highest BCUT2D eigenvalue weighted by molar-refractivity contribution is 5.75. The molecule has 1 saturated heterocycles. The lowest BCUT2D eigenvalue weighted by molar-refractivity contribution is -0.270. The Bertz CT molecular complexity index is 453. The van der Waals surface area contributed by atoms with Gasteiger partial charge in [0.25, 0.3) is 0 Å². The summed E-state index contributed by atoms with van der Waals surface area (Å²) in [7, 11) is 0. The summed E-state index contributed by atoms with van der Waals surface area (Å²) in [4.78, 5) is 22.9. The molecule has 0 aliphatic carbocycles. The molecule has 1 heterocycles. The van der Waals surface area contributed by atoms with Crippen LogP contribution in [0.1, 0.15) is 26.2 Å². The maximum atomic E-state index is 11.6. The SMILES string of the molecule is CC(=O)NC1C(O)[C@@H](O)C(CO)O[C@H]1OCCCCC(=O)NCCNCO. The Labute approximate surface area is 158 Å². The number of aliphatic hydroxyl groups is 4. The molecule has 1 aliphatic rings. The Morgan fingerprint density at radius 2 is 1.85 bits per heavy atom. The number of hydrogen-bond donors (Lipinski definition) is 7. The lowest BCUT2D eigenvalue weighted by Crippen LogP contribution is -2.64. The zero-order chi connectivity index (χ0) is 20.2. The van der Waals surface area contributed by atoms with E-state index in [1.165, 1.54) is 6.92 Å². The molecule has 0 radical (unpaired) electrons. The highest BCUT2D eigenvalue weighted by Gasteiger charge is 2.45. The third-order valence-corrected chi connectivity index (χ3v) is 4.07. The minimum Gasteiger partial charge on any atom is -0.394 e. The molecule has 2 amide bonds. The molecule has 0 spiro atoms. The fourth-order valence-corrected chi connectivity index (χ4v) is 2.66. The van der Waals surface area contributed by atoms with Gasteiger partial charge in [-0.1, -0.05) is 0 Å². The standard InChI is InChI=1S/C16H31N3O8/c1-10(22)19-13-15(25)14(24)11(8-20)27-16(13)26-7-3-2-4-12(23)18-6-5-17-9-21/h11,13-17,20-21,24-25H,2-9H2,1H3,(H,18,23)(H,19,22)/t11?,13?,14-,15?,16+/m0/s1. The Morgan fingerprint density at radius 1 is 1.11 bits per heavy atom. The summed E-state index contributed by atoms with van der Waals surface area (Å²) in [5.74, 6) is -0.531. The second kappa shape index (κ2) is 12.9. The summed E-state index contributed by atoms with van der Waals surface area (Å²) in [6.45, 7) is 1.74. The molecule has 11 nitrogen and oxygen atoms in total. The third-order valence-electron chi connectivity index (χ3n) is 4.07. The predicted octanol–water partition coefficient (Wildman–Crippen LogP) is -3.23. The van der Waals surface area contributed by atoms with Gasteiger partial charge >= 0.3 is 0 Å². The third kappa shape index (κ3) is 8.47. The molecule has 1 fully saturated rings. The van der Waals surface area contributed by atoms with Crippen molar-refractivity contribution in [3.05, 3.63) is 0 Å². The minimum absolute atomic E-state index is 0.112. The van der Waals surface area contributed by atoms with Crippen LogP contribution in [-0.2, 0) is 19.1 Å². The number of rotatable bonds is 12. The number of ether oxygens (including phenoxy) is 2. The number of unbranched alkanes of at least 4 members (excludes halogenated alkanes) is 1. The number of hydrogen-bond acceptors (Lipinski definition) is 9. The minimum atomic E-state index is -1.35. The highest BCUT2D eigenvalue weighted by Crippen LogP contribution is 2.22. The van der Waals surface area contributed by atoms with Crippen LogP contribution in [-0.4, -0.2) is 95.9 Å². The number of nitrogens with one attached hydrogen (secondary N) is 3. The van der Waals surface area contributed by atoms with Crippen molar-refractivity contribution >= 4 is 11.8 Å². The maximum absolute atomic E-state index is 11.6. The molecule has 7 N–H and O–H groups in total. The van der Waals surface area contributed by atoms with Gasteiger partial charge in [-0.25, -0.2) is 0 Å². The first kappa shape index (κ1) is 23.7. The molecular weight excluding hydrogens is 362 g/mol. The molecule has 158 valence electrons. The van der Waals surface area contributed by atoms with Crippen LogP contribution >= 0.6 is 0 Å². The van der Waals surface area contributed by atoms with Crippen molar-refractivity contribution in [2.24, 2.45) is 0 Å². The second-order valence-corrected chi connectivity index (χ2v) is 6.27. The van der Waals surface area contributed by atoms with Crippen LogP contribution in [0.2, 0.25) is 0 Å². The molecule has 1 rings (SSSR count). The number of amides is 2. The van der Waals surface area contributed by atoms with Crippen LogP contribution < -0.4 is 16.0 Å². The van der Waals surface area contributed by atoms with Crippen molar-refractivity contribution in [1.82, 2.24) is 16.0 Å². The average molecular weight is 393 g/mol. The van der Waals surface area contributed by atoms with Gasteiger partial charge in [-0.05, 0) is 12.8 Å². The van der Waals surface area contributed by atoms with E-state index >= 15 is 0 Å². The molecule has 0 bridgehead atoms. The quantitative estimate of drug-likeness (QED) is 0.133. The molecule has 11 heteroatoms. The van der Waals surface area contributed by atoms with Crippen LogP contribution in [0.4, 0.5) is 0 Å². The maximum Gasteiger partial charge on any atom is 0.220 e. The van der Waals surface area contributed by atoms with Crippen LogP contribution in [0.5, 0.6) is 0 Å². The topological polar surface area (TPSA) is 170 Å². The first-order chi connectivity index (χ1) is 12.9. The van der Waals surface area contributed by atoms with Crippen molar-refractivity contribution in [1.29, 1.82) is 0 Å². The Hall–Kier alpha value is -1.34. The molecule has 0 aromatic rings. The van der Waals surface area contributed by atoms with Crippen molar-refractivity contribution in [3.63, 3.8) is 0 Å². The molecule has 3 unspecified atom stereocenters.